The number of ether oxygens (including phenoxy) is 1. The van der Waals surface area contributed by atoms with Crippen molar-refractivity contribution in [2.75, 3.05) is 23.4 Å². The second-order valence-electron chi connectivity index (χ2n) is 8.88. The molecule has 6 heteroatoms. The number of rotatable bonds is 5. The lowest BCUT2D eigenvalue weighted by Gasteiger charge is -2.32. The fourth-order valence-electron chi connectivity index (χ4n) is 4.77. The number of hydrogen-bond acceptors (Lipinski definition) is 5. The Morgan fingerprint density at radius 1 is 1.13 bits per heavy atom. The molecule has 0 bridgehead atoms. The predicted molar refractivity (Wildman–Crippen MR) is 117 cm³/mol. The summed E-state index contributed by atoms with van der Waals surface area (Å²) in [6, 6.07) is 14.6. The molecule has 3 aromatic rings. The predicted octanol–water partition coefficient (Wildman–Crippen LogP) is 3.80. The summed E-state index contributed by atoms with van der Waals surface area (Å²) >= 11 is 0. The summed E-state index contributed by atoms with van der Waals surface area (Å²) in [4.78, 5) is 2.10. The Morgan fingerprint density at radius 3 is 2.77 bits per heavy atom. The van der Waals surface area contributed by atoms with Crippen LogP contribution >= 0.6 is 0 Å². The molecule has 3 heterocycles. The van der Waals surface area contributed by atoms with Gasteiger partial charge in [-0.25, -0.2) is 0 Å². The van der Waals surface area contributed by atoms with Gasteiger partial charge in [0.15, 0.2) is 6.23 Å². The fraction of sp³-hybridized carbons (Fsp3) is 0.375. The van der Waals surface area contributed by atoms with Crippen molar-refractivity contribution in [1.82, 2.24) is 10.2 Å². The van der Waals surface area contributed by atoms with Crippen molar-refractivity contribution in [3.63, 3.8) is 0 Å². The number of aliphatic hydroxyl groups excluding tert-OH is 1. The molecule has 1 saturated carbocycles. The lowest BCUT2D eigenvalue weighted by Crippen LogP contribution is -2.49. The second kappa shape index (κ2) is 6.77. The molecule has 0 radical (unpaired) electrons. The molecule has 1 saturated heterocycles. The monoisotopic (exact) mass is 402 g/mol. The Balaban J connectivity index is 1.18. The van der Waals surface area contributed by atoms with Crippen molar-refractivity contribution in [2.24, 2.45) is 5.92 Å². The number of fused-ring (bicyclic) bond motifs is 1. The molecule has 6 nitrogen and oxygen atoms in total. The van der Waals surface area contributed by atoms with Crippen LogP contribution in [0.5, 0.6) is 5.75 Å². The van der Waals surface area contributed by atoms with E-state index in [1.54, 1.807) is 0 Å². The van der Waals surface area contributed by atoms with Crippen LogP contribution in [0.2, 0.25) is 0 Å². The number of nitrogens with zero attached hydrogens (tertiary/aromatic N) is 2. The number of aromatic nitrogens is 2. The van der Waals surface area contributed by atoms with Crippen LogP contribution in [0.15, 0.2) is 54.9 Å². The van der Waals surface area contributed by atoms with E-state index in [-0.39, 0.29) is 5.54 Å². The van der Waals surface area contributed by atoms with Crippen molar-refractivity contribution in [1.29, 1.82) is 0 Å². The zero-order valence-corrected chi connectivity index (χ0v) is 16.8. The molecule has 2 aliphatic heterocycles. The first-order valence-corrected chi connectivity index (χ1v) is 10.8. The summed E-state index contributed by atoms with van der Waals surface area (Å²) in [6.45, 7) is 1.63. The summed E-state index contributed by atoms with van der Waals surface area (Å²) in [5.41, 5.74) is 5.22. The molecule has 2 aromatic carbocycles. The Kier molecular flexibility index (Phi) is 4.03. The van der Waals surface area contributed by atoms with Gasteiger partial charge >= 0.3 is 0 Å². The summed E-state index contributed by atoms with van der Waals surface area (Å²) in [5, 5.41) is 21.8. The molecule has 3 N–H and O–H groups in total. The van der Waals surface area contributed by atoms with Crippen LogP contribution < -0.4 is 15.0 Å². The number of anilines is 2. The van der Waals surface area contributed by atoms with Gasteiger partial charge in [-0.1, -0.05) is 18.2 Å². The summed E-state index contributed by atoms with van der Waals surface area (Å²) in [5.74, 6) is 1.66. The number of benzene rings is 2. The maximum atomic E-state index is 11.3. The molecule has 154 valence electrons. The molecular weight excluding hydrogens is 376 g/mol. The van der Waals surface area contributed by atoms with Crippen LogP contribution in [-0.2, 0) is 6.42 Å². The van der Waals surface area contributed by atoms with Gasteiger partial charge in [-0.3, -0.25) is 5.10 Å². The second-order valence-corrected chi connectivity index (χ2v) is 8.88. The third-order valence-corrected chi connectivity index (χ3v) is 6.77. The average Bonchev–Trinajstić information content (AvgIpc) is 3.17. The van der Waals surface area contributed by atoms with Crippen molar-refractivity contribution >= 4 is 11.4 Å². The van der Waals surface area contributed by atoms with Crippen LogP contribution in [0, 0.1) is 5.92 Å². The molecule has 30 heavy (non-hydrogen) atoms. The zero-order chi connectivity index (χ0) is 20.1. The SMILES string of the molecule is OC1N(c2ccc(-c3cn[nH]c3)cc2)CCC12Cc1ccc(OCC3CC3)cc1N2. The van der Waals surface area contributed by atoms with E-state index >= 15 is 0 Å². The van der Waals surface area contributed by atoms with E-state index in [0.29, 0.717) is 0 Å². The summed E-state index contributed by atoms with van der Waals surface area (Å²) in [6.07, 6.45) is 7.42. The van der Waals surface area contributed by atoms with Crippen molar-refractivity contribution in [2.45, 2.75) is 37.5 Å². The van der Waals surface area contributed by atoms with Crippen LogP contribution in [0.4, 0.5) is 11.4 Å². The lowest BCUT2D eigenvalue weighted by atomic mass is 9.92. The molecule has 1 aromatic heterocycles. The number of aromatic amines is 1. The van der Waals surface area contributed by atoms with E-state index in [1.165, 1.54) is 18.4 Å². The highest BCUT2D eigenvalue weighted by molar-refractivity contribution is 5.67. The highest BCUT2D eigenvalue weighted by atomic mass is 16.5. The Bertz CT molecular complexity index is 1050. The number of nitrogens with one attached hydrogen (secondary N) is 2. The smallest absolute Gasteiger partial charge is 0.150 e. The minimum absolute atomic E-state index is 0.347. The Hall–Kier alpha value is -2.99. The molecule has 2 atom stereocenters. The molecule has 3 aliphatic rings. The van der Waals surface area contributed by atoms with E-state index in [2.05, 4.69) is 62.9 Å². The first-order chi connectivity index (χ1) is 14.7. The Labute approximate surface area is 175 Å². The van der Waals surface area contributed by atoms with Gasteiger partial charge in [-0.05, 0) is 54.5 Å². The molecule has 1 aliphatic carbocycles. The molecule has 2 fully saturated rings. The largest absolute Gasteiger partial charge is 0.493 e. The van der Waals surface area contributed by atoms with Crippen molar-refractivity contribution < 1.29 is 9.84 Å². The normalized spacial score (nSPS) is 24.8. The number of H-pyrrole nitrogens is 1. The molecule has 1 spiro atoms. The van der Waals surface area contributed by atoms with E-state index in [1.807, 2.05) is 12.4 Å². The van der Waals surface area contributed by atoms with Gasteiger partial charge in [0, 0.05) is 42.2 Å². The van der Waals surface area contributed by atoms with Crippen LogP contribution in [0.3, 0.4) is 0 Å². The van der Waals surface area contributed by atoms with Gasteiger partial charge in [0.2, 0.25) is 0 Å². The third kappa shape index (κ3) is 3.03. The van der Waals surface area contributed by atoms with E-state index in [0.717, 1.165) is 60.2 Å². The number of hydrogen-bond donors (Lipinski definition) is 3. The van der Waals surface area contributed by atoms with Crippen molar-refractivity contribution in [3.8, 4) is 16.9 Å². The molecular formula is C24H26N4O2. The van der Waals surface area contributed by atoms with Gasteiger partial charge in [-0.2, -0.15) is 5.10 Å². The minimum Gasteiger partial charge on any atom is -0.493 e. The molecule has 6 rings (SSSR count). The molecule has 2 unspecified atom stereocenters. The van der Waals surface area contributed by atoms with E-state index in [4.69, 9.17) is 4.74 Å². The zero-order valence-electron chi connectivity index (χ0n) is 16.8. The number of aliphatic hydroxyl groups is 1. The first kappa shape index (κ1) is 17.8. The van der Waals surface area contributed by atoms with Gasteiger partial charge < -0.3 is 20.1 Å². The van der Waals surface area contributed by atoms with Crippen molar-refractivity contribution in [3.05, 3.63) is 60.4 Å². The lowest BCUT2D eigenvalue weighted by molar-refractivity contribution is 0.127. The van der Waals surface area contributed by atoms with Crippen LogP contribution in [0.25, 0.3) is 11.1 Å². The van der Waals surface area contributed by atoms with Gasteiger partial charge in [0.1, 0.15) is 5.75 Å². The molecule has 0 amide bonds. The highest BCUT2D eigenvalue weighted by Gasteiger charge is 2.50. The maximum Gasteiger partial charge on any atom is 0.150 e. The van der Waals surface area contributed by atoms with Gasteiger partial charge in [0.25, 0.3) is 0 Å². The first-order valence-electron chi connectivity index (χ1n) is 10.8. The van der Waals surface area contributed by atoms with E-state index in [9.17, 15) is 5.11 Å². The van der Waals surface area contributed by atoms with Crippen LogP contribution in [0.1, 0.15) is 24.8 Å². The topological polar surface area (TPSA) is 73.4 Å². The highest BCUT2D eigenvalue weighted by Crippen LogP contribution is 2.44. The summed E-state index contributed by atoms with van der Waals surface area (Å²) in [7, 11) is 0. The average molecular weight is 402 g/mol. The summed E-state index contributed by atoms with van der Waals surface area (Å²) < 4.78 is 5.95. The van der Waals surface area contributed by atoms with Gasteiger partial charge in [0.05, 0.1) is 18.3 Å². The minimum atomic E-state index is -0.583. The Morgan fingerprint density at radius 2 is 2.00 bits per heavy atom. The standard InChI is InChI=1S/C24H26N4O2/c29-23-24(12-18-5-8-21(11-22(18)27-24)30-15-16-1-2-16)9-10-28(23)20-6-3-17(4-7-20)19-13-25-26-14-19/h3-8,11,13-14,16,23,27,29H,1-2,9-10,12,15H2,(H,25,26). The van der Waals surface area contributed by atoms with Crippen LogP contribution in [-0.4, -0.2) is 40.2 Å². The fourth-order valence-corrected chi connectivity index (χ4v) is 4.77. The van der Waals surface area contributed by atoms with Gasteiger partial charge in [-0.15, -0.1) is 0 Å². The maximum absolute atomic E-state index is 11.3. The third-order valence-electron chi connectivity index (χ3n) is 6.77. The quantitative estimate of drug-likeness (QED) is 0.605. The van der Waals surface area contributed by atoms with E-state index < -0.39 is 6.23 Å².